The van der Waals surface area contributed by atoms with Crippen LogP contribution in [0.15, 0.2) is 36.6 Å². The Morgan fingerprint density at radius 2 is 2.17 bits per heavy atom. The molecule has 0 aliphatic carbocycles. The maximum Gasteiger partial charge on any atom is 0.446 e. The number of hydrogen-bond donors (Lipinski definition) is 1. The first kappa shape index (κ1) is 16.4. The van der Waals surface area contributed by atoms with Crippen molar-refractivity contribution in [1.82, 2.24) is 20.0 Å². The van der Waals surface area contributed by atoms with Crippen molar-refractivity contribution in [2.75, 3.05) is 11.9 Å². The summed E-state index contributed by atoms with van der Waals surface area (Å²) in [5, 5.41) is 14.4. The fourth-order valence-corrected chi connectivity index (χ4v) is 2.45. The van der Waals surface area contributed by atoms with E-state index in [1.807, 2.05) is 0 Å². The number of hydrogen-bond acceptors (Lipinski definition) is 7. The average molecular weight is 398 g/mol. The summed E-state index contributed by atoms with van der Waals surface area (Å²) in [5.74, 6) is -0.716. The van der Waals surface area contributed by atoms with Gasteiger partial charge in [-0.15, -0.1) is 0 Å². The van der Waals surface area contributed by atoms with Crippen LogP contribution in [-0.4, -0.2) is 26.6 Å². The van der Waals surface area contributed by atoms with Crippen molar-refractivity contribution in [1.29, 1.82) is 0 Å². The Kier molecular flexibility index (Phi) is 4.74. The highest BCUT2D eigenvalue weighted by atomic mass is 79.9. The summed E-state index contributed by atoms with van der Waals surface area (Å²) in [4.78, 5) is 12.0. The van der Waals surface area contributed by atoms with Crippen molar-refractivity contribution in [3.05, 3.63) is 39.0 Å². The summed E-state index contributed by atoms with van der Waals surface area (Å²) >= 11 is 3.09. The van der Waals surface area contributed by atoms with E-state index in [2.05, 4.69) is 43.6 Å². The number of halogens is 2. The van der Waals surface area contributed by atoms with Gasteiger partial charge in [0.15, 0.2) is 5.69 Å². The van der Waals surface area contributed by atoms with Crippen LogP contribution in [-0.2, 0) is 0 Å². The molecule has 0 spiro atoms. The molecule has 2 aromatic heterocycles. The van der Waals surface area contributed by atoms with Crippen molar-refractivity contribution in [2.24, 2.45) is 0 Å². The summed E-state index contributed by atoms with van der Waals surface area (Å²) in [6.45, 7) is 2.73. The SMILES string of the molecule is CCCCNc1nonc1-c1noc(=O)n1-c1ccc(F)c(Br)c1. The minimum atomic E-state index is -0.731. The highest BCUT2D eigenvalue weighted by Crippen LogP contribution is 2.26. The number of nitrogens with one attached hydrogen (secondary N) is 1. The molecule has 1 aromatic carbocycles. The van der Waals surface area contributed by atoms with Gasteiger partial charge in [-0.1, -0.05) is 18.5 Å². The van der Waals surface area contributed by atoms with Crippen LogP contribution < -0.4 is 11.1 Å². The Labute approximate surface area is 143 Å². The largest absolute Gasteiger partial charge is 0.446 e. The monoisotopic (exact) mass is 397 g/mol. The molecule has 24 heavy (non-hydrogen) atoms. The van der Waals surface area contributed by atoms with E-state index < -0.39 is 11.6 Å². The molecular weight excluding hydrogens is 385 g/mol. The molecule has 3 rings (SSSR count). The van der Waals surface area contributed by atoms with Crippen molar-refractivity contribution >= 4 is 21.7 Å². The number of unbranched alkanes of at least 4 members (excludes halogenated alkanes) is 1. The van der Waals surface area contributed by atoms with Crippen molar-refractivity contribution < 1.29 is 13.5 Å². The summed E-state index contributed by atoms with van der Waals surface area (Å²) < 4.78 is 24.3. The van der Waals surface area contributed by atoms with Gasteiger partial charge in [0.05, 0.1) is 10.2 Å². The molecule has 126 valence electrons. The molecule has 0 aliphatic rings. The van der Waals surface area contributed by atoms with E-state index in [-0.39, 0.29) is 16.0 Å². The number of aromatic nitrogens is 4. The fraction of sp³-hybridized carbons (Fsp3) is 0.286. The second-order valence-corrected chi connectivity index (χ2v) is 5.80. The third-order valence-electron chi connectivity index (χ3n) is 3.29. The second-order valence-electron chi connectivity index (χ2n) is 4.95. The molecule has 0 saturated heterocycles. The van der Waals surface area contributed by atoms with Crippen LogP contribution in [0.3, 0.4) is 0 Å². The Morgan fingerprint density at radius 3 is 2.92 bits per heavy atom. The fourth-order valence-electron chi connectivity index (χ4n) is 2.09. The van der Waals surface area contributed by atoms with Crippen LogP contribution in [0.1, 0.15) is 19.8 Å². The van der Waals surface area contributed by atoms with Crippen LogP contribution in [0.25, 0.3) is 17.2 Å². The maximum absolute atomic E-state index is 13.4. The summed E-state index contributed by atoms with van der Waals surface area (Å²) in [7, 11) is 0. The van der Waals surface area contributed by atoms with Crippen molar-refractivity contribution in [3.8, 4) is 17.2 Å². The molecule has 8 nitrogen and oxygen atoms in total. The Hall–Kier alpha value is -2.49. The normalized spacial score (nSPS) is 11.0. The van der Waals surface area contributed by atoms with E-state index in [9.17, 15) is 9.18 Å². The predicted octanol–water partition coefficient (Wildman–Crippen LogP) is 2.99. The van der Waals surface area contributed by atoms with Gasteiger partial charge in [0.2, 0.25) is 11.6 Å². The van der Waals surface area contributed by atoms with Gasteiger partial charge in [0.25, 0.3) is 0 Å². The van der Waals surface area contributed by atoms with E-state index in [1.54, 1.807) is 0 Å². The van der Waals surface area contributed by atoms with Gasteiger partial charge in [-0.25, -0.2) is 18.4 Å². The summed E-state index contributed by atoms with van der Waals surface area (Å²) in [6, 6.07) is 4.10. The minimum absolute atomic E-state index is 0.110. The first-order valence-electron chi connectivity index (χ1n) is 7.22. The molecule has 0 fully saturated rings. The van der Waals surface area contributed by atoms with E-state index >= 15 is 0 Å². The first-order chi connectivity index (χ1) is 11.6. The van der Waals surface area contributed by atoms with Gasteiger partial charge in [0, 0.05) is 6.54 Å². The molecule has 0 saturated carbocycles. The van der Waals surface area contributed by atoms with Crippen LogP contribution in [0.4, 0.5) is 10.2 Å². The Balaban J connectivity index is 2.04. The lowest BCUT2D eigenvalue weighted by molar-refractivity contribution is 0.309. The maximum atomic E-state index is 13.4. The quantitative estimate of drug-likeness (QED) is 0.638. The summed E-state index contributed by atoms with van der Waals surface area (Å²) in [5.41, 5.74) is 0.601. The molecule has 0 radical (unpaired) electrons. The predicted molar refractivity (Wildman–Crippen MR) is 86.4 cm³/mol. The number of benzene rings is 1. The Bertz CT molecular complexity index is 904. The van der Waals surface area contributed by atoms with E-state index in [0.717, 1.165) is 17.4 Å². The van der Waals surface area contributed by atoms with E-state index in [0.29, 0.717) is 18.1 Å². The number of anilines is 1. The van der Waals surface area contributed by atoms with Crippen molar-refractivity contribution in [3.63, 3.8) is 0 Å². The van der Waals surface area contributed by atoms with Gasteiger partial charge in [-0.3, -0.25) is 4.52 Å². The van der Waals surface area contributed by atoms with Gasteiger partial charge in [-0.2, -0.15) is 0 Å². The molecule has 1 N–H and O–H groups in total. The van der Waals surface area contributed by atoms with Crippen LogP contribution >= 0.6 is 15.9 Å². The lowest BCUT2D eigenvalue weighted by atomic mass is 10.3. The smallest absolute Gasteiger partial charge is 0.365 e. The standard InChI is InChI=1S/C14H13BrFN5O3/c1-2-3-6-17-12-11(18-24-19-12)13-20-23-14(22)21(13)8-4-5-10(16)9(15)7-8/h4-5,7H,2-3,6H2,1H3,(H,17,19). The molecule has 0 bridgehead atoms. The molecule has 0 atom stereocenters. The minimum Gasteiger partial charge on any atom is -0.365 e. The zero-order valence-electron chi connectivity index (χ0n) is 12.6. The van der Waals surface area contributed by atoms with Gasteiger partial charge < -0.3 is 5.32 Å². The average Bonchev–Trinajstić information content (AvgIpc) is 3.17. The third kappa shape index (κ3) is 3.09. The number of nitrogens with zero attached hydrogens (tertiary/aromatic N) is 4. The summed E-state index contributed by atoms with van der Waals surface area (Å²) in [6.07, 6.45) is 1.94. The second kappa shape index (κ2) is 6.95. The highest BCUT2D eigenvalue weighted by molar-refractivity contribution is 9.10. The topological polar surface area (TPSA) is 99.0 Å². The van der Waals surface area contributed by atoms with Gasteiger partial charge >= 0.3 is 5.76 Å². The number of rotatable bonds is 6. The van der Waals surface area contributed by atoms with E-state index in [4.69, 9.17) is 9.15 Å². The van der Waals surface area contributed by atoms with Crippen LogP contribution in [0.5, 0.6) is 0 Å². The molecule has 0 unspecified atom stereocenters. The molecule has 2 heterocycles. The van der Waals surface area contributed by atoms with E-state index in [1.165, 1.54) is 18.2 Å². The zero-order chi connectivity index (χ0) is 17.1. The lowest BCUT2D eigenvalue weighted by Crippen LogP contribution is -2.14. The zero-order valence-corrected chi connectivity index (χ0v) is 14.2. The molecular formula is C14H13BrFN5O3. The van der Waals surface area contributed by atoms with Crippen LogP contribution in [0, 0.1) is 5.82 Å². The van der Waals surface area contributed by atoms with Gasteiger partial charge in [-0.05, 0) is 50.9 Å². The third-order valence-corrected chi connectivity index (χ3v) is 3.90. The Morgan fingerprint density at radius 1 is 1.33 bits per heavy atom. The van der Waals surface area contributed by atoms with Crippen LogP contribution in [0.2, 0.25) is 0 Å². The van der Waals surface area contributed by atoms with Gasteiger partial charge in [0.1, 0.15) is 5.82 Å². The first-order valence-corrected chi connectivity index (χ1v) is 8.02. The van der Waals surface area contributed by atoms with Crippen molar-refractivity contribution in [2.45, 2.75) is 19.8 Å². The lowest BCUT2D eigenvalue weighted by Gasteiger charge is -2.05. The molecule has 0 amide bonds. The highest BCUT2D eigenvalue weighted by Gasteiger charge is 2.22. The molecule has 10 heteroatoms. The molecule has 3 aromatic rings. The molecule has 0 aliphatic heterocycles.